The quantitative estimate of drug-likeness (QED) is 0.760. The number of anilines is 1. The number of aryl methyl sites for hydroxylation is 2. The molecule has 0 saturated carbocycles. The van der Waals surface area contributed by atoms with Gasteiger partial charge in [-0.3, -0.25) is 14.6 Å². The molecule has 0 spiro atoms. The van der Waals surface area contributed by atoms with Crippen molar-refractivity contribution in [2.75, 3.05) is 5.32 Å². The van der Waals surface area contributed by atoms with E-state index in [1.54, 1.807) is 6.07 Å². The molecule has 25 heavy (non-hydrogen) atoms. The second-order valence-electron chi connectivity index (χ2n) is 6.53. The second kappa shape index (κ2) is 6.55. The fraction of sp³-hybridized carbons (Fsp3) is 0.316. The molecule has 0 atom stereocenters. The summed E-state index contributed by atoms with van der Waals surface area (Å²) in [7, 11) is 1.90. The van der Waals surface area contributed by atoms with E-state index in [-0.39, 0.29) is 5.91 Å². The number of H-pyrrole nitrogens is 1. The second-order valence-corrected chi connectivity index (χ2v) is 6.53. The Balaban J connectivity index is 1.87. The number of para-hydroxylation sites is 1. The summed E-state index contributed by atoms with van der Waals surface area (Å²) in [5.41, 5.74) is 5.95. The Hall–Kier alpha value is -2.89. The van der Waals surface area contributed by atoms with Crippen LogP contribution in [-0.2, 0) is 7.05 Å². The van der Waals surface area contributed by atoms with Crippen molar-refractivity contribution >= 4 is 11.6 Å². The Morgan fingerprint density at radius 2 is 1.96 bits per heavy atom. The van der Waals surface area contributed by atoms with Crippen molar-refractivity contribution in [3.8, 4) is 11.3 Å². The van der Waals surface area contributed by atoms with Gasteiger partial charge in [0.2, 0.25) is 0 Å². The van der Waals surface area contributed by atoms with Crippen LogP contribution < -0.4 is 5.32 Å². The molecule has 3 aromatic rings. The number of hydrogen-bond acceptors (Lipinski definition) is 3. The first-order valence-corrected chi connectivity index (χ1v) is 8.34. The van der Waals surface area contributed by atoms with E-state index < -0.39 is 0 Å². The molecule has 0 fully saturated rings. The predicted molar refractivity (Wildman–Crippen MR) is 98.7 cm³/mol. The van der Waals surface area contributed by atoms with Crippen LogP contribution in [0.25, 0.3) is 11.3 Å². The van der Waals surface area contributed by atoms with E-state index in [9.17, 15) is 4.79 Å². The molecule has 3 rings (SSSR count). The van der Waals surface area contributed by atoms with Crippen LogP contribution in [0, 0.1) is 13.8 Å². The van der Waals surface area contributed by atoms with E-state index in [4.69, 9.17) is 0 Å². The van der Waals surface area contributed by atoms with Crippen LogP contribution in [0.4, 0.5) is 5.69 Å². The molecule has 1 amide bonds. The Kier molecular flexibility index (Phi) is 4.44. The molecule has 1 aromatic carbocycles. The van der Waals surface area contributed by atoms with E-state index in [1.807, 2.05) is 49.8 Å². The van der Waals surface area contributed by atoms with Gasteiger partial charge < -0.3 is 5.32 Å². The standard InChI is InChI=1S/C19H23N5O/c1-11(2)14-8-6-7-9-15(14)20-19(25)17-10-16(21-22-17)18-12(3)23-24(5)13(18)4/h6-11H,1-5H3,(H,20,25)(H,21,22). The summed E-state index contributed by atoms with van der Waals surface area (Å²) in [4.78, 5) is 12.6. The van der Waals surface area contributed by atoms with Gasteiger partial charge in [0.25, 0.3) is 5.91 Å². The highest BCUT2D eigenvalue weighted by Crippen LogP contribution is 2.26. The molecule has 130 valence electrons. The van der Waals surface area contributed by atoms with Crippen molar-refractivity contribution in [1.29, 1.82) is 0 Å². The molecule has 0 aliphatic heterocycles. The molecule has 0 saturated heterocycles. The summed E-state index contributed by atoms with van der Waals surface area (Å²) < 4.78 is 1.82. The lowest BCUT2D eigenvalue weighted by Gasteiger charge is -2.12. The zero-order valence-corrected chi connectivity index (χ0v) is 15.2. The van der Waals surface area contributed by atoms with E-state index in [0.29, 0.717) is 11.6 Å². The molecule has 0 aliphatic carbocycles. The summed E-state index contributed by atoms with van der Waals surface area (Å²) in [6, 6.07) is 9.61. The number of carbonyl (C=O) groups excluding carboxylic acids is 1. The largest absolute Gasteiger partial charge is 0.320 e. The van der Waals surface area contributed by atoms with Crippen LogP contribution in [0.15, 0.2) is 30.3 Å². The average Bonchev–Trinajstić information content (AvgIpc) is 3.13. The Bertz CT molecular complexity index is 920. The van der Waals surface area contributed by atoms with Crippen molar-refractivity contribution in [1.82, 2.24) is 20.0 Å². The van der Waals surface area contributed by atoms with Crippen LogP contribution in [0.5, 0.6) is 0 Å². The number of carbonyl (C=O) groups is 1. The normalized spacial score (nSPS) is 11.1. The Morgan fingerprint density at radius 1 is 1.24 bits per heavy atom. The van der Waals surface area contributed by atoms with Gasteiger partial charge in [0.1, 0.15) is 5.69 Å². The van der Waals surface area contributed by atoms with E-state index in [2.05, 4.69) is 34.5 Å². The molecule has 0 aliphatic rings. The monoisotopic (exact) mass is 337 g/mol. The lowest BCUT2D eigenvalue weighted by atomic mass is 10.0. The molecular formula is C19H23N5O. The molecule has 6 nitrogen and oxygen atoms in total. The fourth-order valence-corrected chi connectivity index (χ4v) is 3.01. The third kappa shape index (κ3) is 3.20. The first-order valence-electron chi connectivity index (χ1n) is 8.34. The van der Waals surface area contributed by atoms with Gasteiger partial charge in [-0.15, -0.1) is 0 Å². The highest BCUT2D eigenvalue weighted by atomic mass is 16.1. The third-order valence-electron chi connectivity index (χ3n) is 4.42. The molecule has 2 aromatic heterocycles. The predicted octanol–water partition coefficient (Wildman–Crippen LogP) is 3.80. The van der Waals surface area contributed by atoms with Gasteiger partial charge in [0, 0.05) is 24.0 Å². The first kappa shape index (κ1) is 17.0. The topological polar surface area (TPSA) is 75.6 Å². The number of amides is 1. The third-order valence-corrected chi connectivity index (χ3v) is 4.42. The number of benzene rings is 1. The summed E-state index contributed by atoms with van der Waals surface area (Å²) in [6.45, 7) is 8.14. The number of hydrogen-bond donors (Lipinski definition) is 2. The van der Waals surface area contributed by atoms with Gasteiger partial charge in [-0.2, -0.15) is 10.2 Å². The van der Waals surface area contributed by atoms with Gasteiger partial charge in [-0.05, 0) is 37.5 Å². The highest BCUT2D eigenvalue weighted by Gasteiger charge is 2.18. The van der Waals surface area contributed by atoms with E-state index in [1.165, 1.54) is 0 Å². The number of rotatable bonds is 4. The molecular weight excluding hydrogens is 314 g/mol. The van der Waals surface area contributed by atoms with Crippen LogP contribution in [0.2, 0.25) is 0 Å². The lowest BCUT2D eigenvalue weighted by molar-refractivity contribution is 0.102. The molecule has 0 unspecified atom stereocenters. The summed E-state index contributed by atoms with van der Waals surface area (Å²) in [5.74, 6) is 0.126. The van der Waals surface area contributed by atoms with Gasteiger partial charge in [0.15, 0.2) is 0 Å². The summed E-state index contributed by atoms with van der Waals surface area (Å²) in [5, 5.41) is 14.5. The van der Waals surface area contributed by atoms with Crippen LogP contribution in [0.1, 0.15) is 47.2 Å². The maximum atomic E-state index is 12.6. The number of aromatic amines is 1. The van der Waals surface area contributed by atoms with Crippen molar-refractivity contribution in [3.05, 3.63) is 53.0 Å². The minimum atomic E-state index is -0.203. The molecule has 0 radical (unpaired) electrons. The van der Waals surface area contributed by atoms with Gasteiger partial charge in [0.05, 0.1) is 11.4 Å². The summed E-state index contributed by atoms with van der Waals surface area (Å²) in [6.07, 6.45) is 0. The first-order chi connectivity index (χ1) is 11.9. The average molecular weight is 337 g/mol. The van der Waals surface area contributed by atoms with Crippen molar-refractivity contribution in [2.24, 2.45) is 7.05 Å². The molecule has 0 bridgehead atoms. The van der Waals surface area contributed by atoms with Crippen molar-refractivity contribution < 1.29 is 4.79 Å². The highest BCUT2D eigenvalue weighted by molar-refractivity contribution is 6.04. The van der Waals surface area contributed by atoms with E-state index in [0.717, 1.165) is 33.9 Å². The molecule has 6 heteroatoms. The lowest BCUT2D eigenvalue weighted by Crippen LogP contribution is -2.14. The van der Waals surface area contributed by atoms with Gasteiger partial charge in [-0.1, -0.05) is 32.0 Å². The fourth-order valence-electron chi connectivity index (χ4n) is 3.01. The van der Waals surface area contributed by atoms with Crippen molar-refractivity contribution in [3.63, 3.8) is 0 Å². The maximum Gasteiger partial charge on any atom is 0.273 e. The SMILES string of the molecule is Cc1nn(C)c(C)c1-c1cc(C(=O)Nc2ccccc2C(C)C)[nH]n1. The number of nitrogens with zero attached hydrogens (tertiary/aromatic N) is 3. The maximum absolute atomic E-state index is 12.6. The van der Waals surface area contributed by atoms with Gasteiger partial charge in [-0.25, -0.2) is 0 Å². The molecule has 2 heterocycles. The Labute approximate surface area is 147 Å². The zero-order chi connectivity index (χ0) is 18.1. The minimum absolute atomic E-state index is 0.203. The van der Waals surface area contributed by atoms with Crippen LogP contribution >= 0.6 is 0 Å². The molecule has 2 N–H and O–H groups in total. The Morgan fingerprint density at radius 3 is 2.60 bits per heavy atom. The van der Waals surface area contributed by atoms with Gasteiger partial charge >= 0.3 is 0 Å². The number of nitrogens with one attached hydrogen (secondary N) is 2. The minimum Gasteiger partial charge on any atom is -0.320 e. The van der Waals surface area contributed by atoms with Crippen LogP contribution in [-0.4, -0.2) is 25.9 Å². The smallest absolute Gasteiger partial charge is 0.273 e. The number of aromatic nitrogens is 4. The van der Waals surface area contributed by atoms with E-state index >= 15 is 0 Å². The van der Waals surface area contributed by atoms with Crippen LogP contribution in [0.3, 0.4) is 0 Å². The van der Waals surface area contributed by atoms with Crippen molar-refractivity contribution in [2.45, 2.75) is 33.6 Å². The zero-order valence-electron chi connectivity index (χ0n) is 15.2. The summed E-state index contributed by atoms with van der Waals surface area (Å²) >= 11 is 0.